The van der Waals surface area contributed by atoms with Crippen molar-refractivity contribution in [2.45, 2.75) is 37.9 Å². The lowest BCUT2D eigenvalue weighted by molar-refractivity contribution is -0.141. The van der Waals surface area contributed by atoms with Gasteiger partial charge in [0.15, 0.2) is 5.84 Å². The first-order chi connectivity index (χ1) is 15.4. The fraction of sp³-hybridized carbons (Fsp3) is 0.435. The van der Waals surface area contributed by atoms with Crippen LogP contribution in [-0.2, 0) is 9.59 Å². The Morgan fingerprint density at radius 1 is 1.22 bits per heavy atom. The number of amidine groups is 1. The number of hydrogen-bond donors (Lipinski definition) is 3. The molecule has 0 saturated carbocycles. The number of amides is 1. The van der Waals surface area contributed by atoms with Crippen molar-refractivity contribution in [3.05, 3.63) is 53.5 Å². The van der Waals surface area contributed by atoms with Gasteiger partial charge in [-0.1, -0.05) is 18.2 Å². The van der Waals surface area contributed by atoms with E-state index in [0.29, 0.717) is 44.9 Å². The highest BCUT2D eigenvalue weighted by molar-refractivity contribution is 6.04. The molecule has 0 aromatic heterocycles. The van der Waals surface area contributed by atoms with E-state index >= 15 is 0 Å². The fourth-order valence-corrected chi connectivity index (χ4v) is 5.21. The van der Waals surface area contributed by atoms with Crippen molar-refractivity contribution < 1.29 is 14.7 Å². The van der Waals surface area contributed by atoms with Crippen LogP contribution in [0.5, 0.6) is 0 Å². The van der Waals surface area contributed by atoms with Crippen LogP contribution in [0.2, 0.25) is 0 Å². The van der Waals surface area contributed by atoms with Crippen molar-refractivity contribution >= 4 is 23.4 Å². The lowest BCUT2D eigenvalue weighted by atomic mass is 9.85. The highest BCUT2D eigenvalue weighted by atomic mass is 16.4. The molecule has 0 aliphatic carbocycles. The molecular weight excluding hydrogens is 408 g/mol. The van der Waals surface area contributed by atoms with Gasteiger partial charge in [0.05, 0.1) is 12.4 Å². The van der Waals surface area contributed by atoms with Gasteiger partial charge >= 0.3 is 5.97 Å². The predicted molar refractivity (Wildman–Crippen MR) is 121 cm³/mol. The van der Waals surface area contributed by atoms with E-state index in [1.807, 2.05) is 43.5 Å². The second-order valence-corrected chi connectivity index (χ2v) is 8.87. The maximum absolute atomic E-state index is 13.0. The number of aliphatic carboxylic acids is 1. The van der Waals surface area contributed by atoms with Gasteiger partial charge in [-0.25, -0.2) is 9.79 Å². The standard InChI is InChI=1S/C23H28N6O3/c1-15-12-17(18-19(24-13-15)27(2)20(26-18)21(30)31)28-10-8-23(9-11-28)22(32)25-14-29(23)16-6-4-3-5-7-16/h3-7,13,20,26H,8-12,14H2,1-2H3,(H,25,32)(H,30,31). The number of likely N-dealkylation sites (N-methyl/N-ethyl adjacent to an activating group) is 1. The highest BCUT2D eigenvalue weighted by Gasteiger charge is 2.51. The third-order valence-corrected chi connectivity index (χ3v) is 6.98. The molecule has 0 radical (unpaired) electrons. The van der Waals surface area contributed by atoms with E-state index in [2.05, 4.69) is 25.4 Å². The van der Waals surface area contributed by atoms with Gasteiger partial charge < -0.3 is 30.4 Å². The molecule has 168 valence electrons. The number of allylic oxidation sites excluding steroid dienone is 1. The lowest BCUT2D eigenvalue weighted by Crippen LogP contribution is -2.56. The molecule has 9 heteroatoms. The number of rotatable bonds is 3. The van der Waals surface area contributed by atoms with Crippen molar-refractivity contribution in [2.24, 2.45) is 4.99 Å². The van der Waals surface area contributed by atoms with Crippen molar-refractivity contribution in [1.29, 1.82) is 0 Å². The molecule has 32 heavy (non-hydrogen) atoms. The van der Waals surface area contributed by atoms with Gasteiger partial charge in [-0.15, -0.1) is 0 Å². The summed E-state index contributed by atoms with van der Waals surface area (Å²) in [6, 6.07) is 10.1. The van der Waals surface area contributed by atoms with Gasteiger partial charge in [0.1, 0.15) is 5.54 Å². The van der Waals surface area contributed by atoms with E-state index in [4.69, 9.17) is 0 Å². The Bertz CT molecular complexity index is 1040. The maximum atomic E-state index is 13.0. The number of aliphatic imine (C=N–C) groups is 1. The monoisotopic (exact) mass is 436 g/mol. The Hall–Kier alpha value is -3.49. The predicted octanol–water partition coefficient (Wildman–Crippen LogP) is 1.28. The Morgan fingerprint density at radius 3 is 2.62 bits per heavy atom. The third-order valence-electron chi connectivity index (χ3n) is 6.98. The van der Waals surface area contributed by atoms with E-state index in [9.17, 15) is 14.7 Å². The van der Waals surface area contributed by atoms with E-state index in [0.717, 1.165) is 22.7 Å². The molecule has 4 heterocycles. The quantitative estimate of drug-likeness (QED) is 0.656. The number of carbonyl (C=O) groups excluding carboxylic acids is 1. The number of anilines is 1. The molecule has 1 aromatic rings. The molecular formula is C23H28N6O3. The van der Waals surface area contributed by atoms with Crippen molar-refractivity contribution in [1.82, 2.24) is 20.4 Å². The van der Waals surface area contributed by atoms with Crippen LogP contribution >= 0.6 is 0 Å². The second-order valence-electron chi connectivity index (χ2n) is 8.87. The zero-order valence-electron chi connectivity index (χ0n) is 18.3. The van der Waals surface area contributed by atoms with E-state index in [1.165, 1.54) is 0 Å². The number of carboxylic acids is 1. The van der Waals surface area contributed by atoms with Gasteiger partial charge in [-0.2, -0.15) is 0 Å². The number of fused-ring (bicyclic) bond motifs is 1. The number of carboxylic acid groups (broad SMARTS) is 1. The minimum absolute atomic E-state index is 0.0857. The maximum Gasteiger partial charge on any atom is 0.347 e. The van der Waals surface area contributed by atoms with Crippen molar-refractivity contribution in [3.63, 3.8) is 0 Å². The third kappa shape index (κ3) is 3.11. The molecule has 4 aliphatic rings. The average molecular weight is 437 g/mol. The molecule has 0 bridgehead atoms. The number of carbonyl (C=O) groups is 2. The molecule has 1 spiro atoms. The van der Waals surface area contributed by atoms with Crippen LogP contribution < -0.4 is 15.5 Å². The van der Waals surface area contributed by atoms with Crippen LogP contribution in [0.1, 0.15) is 26.2 Å². The van der Waals surface area contributed by atoms with Crippen molar-refractivity contribution in [2.75, 3.05) is 31.7 Å². The lowest BCUT2D eigenvalue weighted by Gasteiger charge is -2.44. The van der Waals surface area contributed by atoms with Crippen LogP contribution in [-0.4, -0.2) is 71.1 Å². The van der Waals surface area contributed by atoms with Gasteiger partial charge in [0.25, 0.3) is 0 Å². The first-order valence-electron chi connectivity index (χ1n) is 11.0. The Balaban J connectivity index is 1.43. The number of piperidine rings is 1. The molecule has 9 nitrogen and oxygen atoms in total. The number of nitrogens with zero attached hydrogens (tertiary/aromatic N) is 4. The number of nitrogens with one attached hydrogen (secondary N) is 2. The van der Waals surface area contributed by atoms with E-state index in [-0.39, 0.29) is 5.91 Å². The van der Waals surface area contributed by atoms with Gasteiger partial charge in [-0.05, 0) is 37.5 Å². The number of likely N-dealkylation sites (tertiary alicyclic amines) is 1. The van der Waals surface area contributed by atoms with Crippen LogP contribution in [0, 0.1) is 0 Å². The number of benzene rings is 1. The Labute approximate surface area is 187 Å². The van der Waals surface area contributed by atoms with Crippen molar-refractivity contribution in [3.8, 4) is 0 Å². The minimum atomic E-state index is -0.936. The van der Waals surface area contributed by atoms with E-state index in [1.54, 1.807) is 11.9 Å². The second kappa shape index (κ2) is 7.58. The molecule has 1 aromatic carbocycles. The summed E-state index contributed by atoms with van der Waals surface area (Å²) >= 11 is 0. The normalized spacial score (nSPS) is 24.6. The number of hydrogen-bond acceptors (Lipinski definition) is 7. The summed E-state index contributed by atoms with van der Waals surface area (Å²) in [5.74, 6) is -0.203. The molecule has 3 fully saturated rings. The largest absolute Gasteiger partial charge is 0.478 e. The molecule has 3 N–H and O–H groups in total. The molecule has 1 amide bonds. The first kappa shape index (κ1) is 20.4. The van der Waals surface area contributed by atoms with E-state index < -0.39 is 17.7 Å². The molecule has 1 unspecified atom stereocenters. The number of para-hydroxylation sites is 1. The Morgan fingerprint density at radius 2 is 1.94 bits per heavy atom. The zero-order chi connectivity index (χ0) is 22.5. The Kier molecular flexibility index (Phi) is 4.83. The molecule has 1 atom stereocenters. The van der Waals surface area contributed by atoms with Crippen LogP contribution in [0.4, 0.5) is 5.69 Å². The van der Waals surface area contributed by atoms with Crippen LogP contribution in [0.25, 0.3) is 0 Å². The fourth-order valence-electron chi connectivity index (χ4n) is 5.21. The topological polar surface area (TPSA) is 101 Å². The molecule has 3 saturated heterocycles. The zero-order valence-corrected chi connectivity index (χ0v) is 18.3. The minimum Gasteiger partial charge on any atom is -0.478 e. The van der Waals surface area contributed by atoms with Crippen LogP contribution in [0.15, 0.2) is 58.5 Å². The van der Waals surface area contributed by atoms with Gasteiger partial charge in [0, 0.05) is 44.1 Å². The summed E-state index contributed by atoms with van der Waals surface area (Å²) in [5.41, 5.74) is 3.43. The summed E-state index contributed by atoms with van der Waals surface area (Å²) in [7, 11) is 1.75. The summed E-state index contributed by atoms with van der Waals surface area (Å²) in [5, 5.41) is 15.8. The highest BCUT2D eigenvalue weighted by Crippen LogP contribution is 2.38. The molecule has 4 aliphatic heterocycles. The average Bonchev–Trinajstić information content (AvgIpc) is 3.22. The molecule has 5 rings (SSSR count). The van der Waals surface area contributed by atoms with Gasteiger partial charge in [0.2, 0.25) is 12.1 Å². The summed E-state index contributed by atoms with van der Waals surface area (Å²) in [4.78, 5) is 35.4. The first-order valence-corrected chi connectivity index (χ1v) is 11.0. The SMILES string of the molecule is CC1=CN=C2C(=C(N3CCC4(CC3)C(=O)NCN4c3ccccc3)C1)NC(C(=O)O)N2C. The van der Waals surface area contributed by atoms with Gasteiger partial charge in [-0.3, -0.25) is 4.79 Å². The van der Waals surface area contributed by atoms with Crippen LogP contribution in [0.3, 0.4) is 0 Å². The summed E-state index contributed by atoms with van der Waals surface area (Å²) in [6.45, 7) is 3.97. The smallest absolute Gasteiger partial charge is 0.347 e. The summed E-state index contributed by atoms with van der Waals surface area (Å²) < 4.78 is 0. The summed E-state index contributed by atoms with van der Waals surface area (Å²) in [6.07, 6.45) is 3.06.